The second-order valence-corrected chi connectivity index (χ2v) is 5.83. The highest BCUT2D eigenvalue weighted by Gasteiger charge is 2.13. The van der Waals surface area contributed by atoms with Crippen molar-refractivity contribution < 1.29 is 28.2 Å². The van der Waals surface area contributed by atoms with Crippen LogP contribution in [0.2, 0.25) is 0 Å². The normalized spacial score (nSPS) is 10.4. The number of aryl methyl sites for hydroxylation is 1. The third-order valence-corrected chi connectivity index (χ3v) is 3.83. The molecule has 0 aliphatic carbocycles. The van der Waals surface area contributed by atoms with E-state index in [-0.39, 0.29) is 19.1 Å². The van der Waals surface area contributed by atoms with Crippen LogP contribution in [-0.4, -0.2) is 37.0 Å². The van der Waals surface area contributed by atoms with Gasteiger partial charge in [-0.1, -0.05) is 6.07 Å². The number of hydrogen-bond donors (Lipinski definition) is 0. The van der Waals surface area contributed by atoms with Gasteiger partial charge < -0.3 is 23.4 Å². The van der Waals surface area contributed by atoms with Crippen LogP contribution in [0.3, 0.4) is 0 Å². The summed E-state index contributed by atoms with van der Waals surface area (Å²) in [6.45, 7) is 1.53. The van der Waals surface area contributed by atoms with Crippen LogP contribution in [0.5, 0.6) is 17.2 Å². The van der Waals surface area contributed by atoms with Gasteiger partial charge in [-0.25, -0.2) is 4.79 Å². The predicted octanol–water partition coefficient (Wildman–Crippen LogP) is 3.18. The Hall–Kier alpha value is -3.55. The maximum absolute atomic E-state index is 11.9. The quantitative estimate of drug-likeness (QED) is 0.547. The summed E-state index contributed by atoms with van der Waals surface area (Å²) in [6.07, 6.45) is 0. The standard InChI is InChI=1S/C20H20N2O6/c1-13-4-9-16(17(10-13)25-3)26-12-19(23)27-11-18-21-22-20(28-18)14-5-7-15(24-2)8-6-14/h4-10H,11-12H2,1-3H3. The Morgan fingerprint density at radius 2 is 1.79 bits per heavy atom. The Morgan fingerprint density at radius 1 is 1.00 bits per heavy atom. The van der Waals surface area contributed by atoms with Gasteiger partial charge in [-0.05, 0) is 48.9 Å². The molecule has 0 amide bonds. The lowest BCUT2D eigenvalue weighted by molar-refractivity contribution is -0.148. The smallest absolute Gasteiger partial charge is 0.344 e. The Bertz CT molecular complexity index is 936. The van der Waals surface area contributed by atoms with Gasteiger partial charge in [0.05, 0.1) is 14.2 Å². The van der Waals surface area contributed by atoms with Gasteiger partial charge in [0.2, 0.25) is 5.89 Å². The van der Waals surface area contributed by atoms with Gasteiger partial charge in [-0.3, -0.25) is 0 Å². The Balaban J connectivity index is 1.51. The summed E-state index contributed by atoms with van der Waals surface area (Å²) in [5, 5.41) is 7.82. The van der Waals surface area contributed by atoms with E-state index in [0.29, 0.717) is 17.4 Å². The average Bonchev–Trinajstić information content (AvgIpc) is 3.20. The first-order valence-corrected chi connectivity index (χ1v) is 8.49. The molecular weight excluding hydrogens is 364 g/mol. The van der Waals surface area contributed by atoms with E-state index in [4.69, 9.17) is 23.4 Å². The van der Waals surface area contributed by atoms with Crippen LogP contribution < -0.4 is 14.2 Å². The maximum atomic E-state index is 11.9. The van der Waals surface area contributed by atoms with Crippen LogP contribution in [0, 0.1) is 6.92 Å². The fraction of sp³-hybridized carbons (Fsp3) is 0.250. The molecule has 0 atom stereocenters. The van der Waals surface area contributed by atoms with Crippen molar-refractivity contribution in [1.82, 2.24) is 10.2 Å². The van der Waals surface area contributed by atoms with E-state index in [2.05, 4.69) is 10.2 Å². The van der Waals surface area contributed by atoms with Crippen molar-refractivity contribution in [3.8, 4) is 28.7 Å². The molecule has 3 rings (SSSR count). The van der Waals surface area contributed by atoms with Crippen LogP contribution in [0.4, 0.5) is 0 Å². The number of methoxy groups -OCH3 is 2. The van der Waals surface area contributed by atoms with Gasteiger partial charge >= 0.3 is 5.97 Å². The van der Waals surface area contributed by atoms with Crippen LogP contribution in [0.15, 0.2) is 46.9 Å². The van der Waals surface area contributed by atoms with E-state index in [1.807, 2.05) is 19.1 Å². The van der Waals surface area contributed by atoms with Crippen LogP contribution in [-0.2, 0) is 16.1 Å². The van der Waals surface area contributed by atoms with Crippen LogP contribution in [0.25, 0.3) is 11.5 Å². The zero-order chi connectivity index (χ0) is 19.9. The summed E-state index contributed by atoms with van der Waals surface area (Å²) in [5.41, 5.74) is 1.76. The molecule has 8 nitrogen and oxygen atoms in total. The average molecular weight is 384 g/mol. The SMILES string of the molecule is COc1ccc(-c2nnc(COC(=O)COc3ccc(C)cc3OC)o2)cc1. The molecule has 2 aromatic carbocycles. The number of aromatic nitrogens is 2. The third kappa shape index (κ3) is 4.79. The van der Waals surface area contributed by atoms with Crippen molar-refractivity contribution in [3.05, 3.63) is 53.9 Å². The van der Waals surface area contributed by atoms with E-state index < -0.39 is 5.97 Å². The molecule has 1 aromatic heterocycles. The molecule has 146 valence electrons. The first-order chi connectivity index (χ1) is 13.6. The summed E-state index contributed by atoms with van der Waals surface area (Å²) >= 11 is 0. The zero-order valence-electron chi connectivity index (χ0n) is 15.8. The molecule has 0 saturated heterocycles. The lowest BCUT2D eigenvalue weighted by Crippen LogP contribution is -2.15. The predicted molar refractivity (Wildman–Crippen MR) is 99.3 cm³/mol. The monoisotopic (exact) mass is 384 g/mol. The summed E-state index contributed by atoms with van der Waals surface area (Å²) in [4.78, 5) is 11.9. The molecule has 0 bridgehead atoms. The number of ether oxygens (including phenoxy) is 4. The second kappa shape index (κ2) is 8.90. The van der Waals surface area contributed by atoms with Gasteiger partial charge in [0.1, 0.15) is 5.75 Å². The maximum Gasteiger partial charge on any atom is 0.344 e. The molecule has 3 aromatic rings. The number of carbonyl (C=O) groups is 1. The molecule has 0 fully saturated rings. The Morgan fingerprint density at radius 3 is 2.50 bits per heavy atom. The first kappa shape index (κ1) is 19.2. The van der Waals surface area contributed by atoms with Gasteiger partial charge in [0.25, 0.3) is 5.89 Å². The number of esters is 1. The van der Waals surface area contributed by atoms with Crippen molar-refractivity contribution in [2.24, 2.45) is 0 Å². The topological polar surface area (TPSA) is 92.9 Å². The fourth-order valence-corrected chi connectivity index (χ4v) is 2.38. The molecule has 0 spiro atoms. The molecule has 0 radical (unpaired) electrons. The Kier molecular flexibility index (Phi) is 6.11. The van der Waals surface area contributed by atoms with E-state index >= 15 is 0 Å². The van der Waals surface area contributed by atoms with Gasteiger partial charge in [-0.15, -0.1) is 10.2 Å². The summed E-state index contributed by atoms with van der Waals surface area (Å²) in [7, 11) is 3.13. The van der Waals surface area contributed by atoms with E-state index in [1.54, 1.807) is 37.4 Å². The van der Waals surface area contributed by atoms with Crippen molar-refractivity contribution in [2.45, 2.75) is 13.5 Å². The molecule has 28 heavy (non-hydrogen) atoms. The highest BCUT2D eigenvalue weighted by molar-refractivity contribution is 5.71. The number of hydrogen-bond acceptors (Lipinski definition) is 8. The molecule has 0 aliphatic rings. The van der Waals surface area contributed by atoms with Crippen molar-refractivity contribution in [2.75, 3.05) is 20.8 Å². The molecule has 0 unspecified atom stereocenters. The van der Waals surface area contributed by atoms with Crippen LogP contribution in [0.1, 0.15) is 11.5 Å². The second-order valence-electron chi connectivity index (χ2n) is 5.83. The molecule has 0 N–H and O–H groups in total. The minimum absolute atomic E-state index is 0.142. The van der Waals surface area contributed by atoms with Crippen LogP contribution >= 0.6 is 0 Å². The number of carbonyl (C=O) groups excluding carboxylic acids is 1. The molecule has 0 aliphatic heterocycles. The number of rotatable bonds is 8. The lowest BCUT2D eigenvalue weighted by Gasteiger charge is -2.10. The minimum Gasteiger partial charge on any atom is -0.497 e. The number of benzene rings is 2. The molecule has 8 heteroatoms. The lowest BCUT2D eigenvalue weighted by atomic mass is 10.2. The fourth-order valence-electron chi connectivity index (χ4n) is 2.38. The van der Waals surface area contributed by atoms with Gasteiger partial charge in [0, 0.05) is 5.56 Å². The van der Waals surface area contributed by atoms with Gasteiger partial charge in [-0.2, -0.15) is 0 Å². The highest BCUT2D eigenvalue weighted by Crippen LogP contribution is 2.27. The largest absolute Gasteiger partial charge is 0.497 e. The van der Waals surface area contributed by atoms with E-state index in [9.17, 15) is 4.79 Å². The molecule has 1 heterocycles. The summed E-state index contributed by atoms with van der Waals surface area (Å²) < 4.78 is 26.4. The van der Waals surface area contributed by atoms with Crippen molar-refractivity contribution in [3.63, 3.8) is 0 Å². The van der Waals surface area contributed by atoms with E-state index in [0.717, 1.165) is 16.9 Å². The van der Waals surface area contributed by atoms with Gasteiger partial charge in [0.15, 0.2) is 24.7 Å². The minimum atomic E-state index is -0.563. The van der Waals surface area contributed by atoms with E-state index in [1.165, 1.54) is 7.11 Å². The third-order valence-electron chi connectivity index (χ3n) is 3.83. The summed E-state index contributed by atoms with van der Waals surface area (Å²) in [6, 6.07) is 12.6. The number of nitrogens with zero attached hydrogens (tertiary/aromatic N) is 2. The Labute approximate surface area is 162 Å². The zero-order valence-corrected chi connectivity index (χ0v) is 15.8. The summed E-state index contributed by atoms with van der Waals surface area (Å²) in [5.74, 6) is 1.69. The van der Waals surface area contributed by atoms with Crippen molar-refractivity contribution >= 4 is 5.97 Å². The van der Waals surface area contributed by atoms with Crippen molar-refractivity contribution in [1.29, 1.82) is 0 Å². The molecule has 0 saturated carbocycles. The first-order valence-electron chi connectivity index (χ1n) is 8.49. The molecular formula is C20H20N2O6. The highest BCUT2D eigenvalue weighted by atomic mass is 16.6.